The van der Waals surface area contributed by atoms with Crippen LogP contribution in [0.5, 0.6) is 11.5 Å². The van der Waals surface area contributed by atoms with Gasteiger partial charge >= 0.3 is 11.3 Å². The summed E-state index contributed by atoms with van der Waals surface area (Å²) in [6, 6.07) is 30.4. The highest BCUT2D eigenvalue weighted by molar-refractivity contribution is 5.84. The molecule has 2 aromatic heterocycles. The predicted molar refractivity (Wildman–Crippen MR) is 218 cm³/mol. The Morgan fingerprint density at radius 2 is 0.889 bits per heavy atom. The van der Waals surface area contributed by atoms with Crippen molar-refractivity contribution in [3.63, 3.8) is 0 Å². The van der Waals surface area contributed by atoms with Crippen molar-refractivity contribution in [1.82, 2.24) is 0 Å². The molecule has 54 heavy (non-hydrogen) atoms. The molecule has 4 aromatic carbocycles. The Morgan fingerprint density at radius 3 is 1.24 bits per heavy atom. The number of rotatable bonds is 12. The Kier molecular flexibility index (Phi) is 10.2. The molecule has 0 spiro atoms. The van der Waals surface area contributed by atoms with Crippen LogP contribution in [0.1, 0.15) is 79.4 Å². The van der Waals surface area contributed by atoms with E-state index in [9.17, 15) is 14.7 Å². The van der Waals surface area contributed by atoms with Gasteiger partial charge in [-0.3, -0.25) is 0 Å². The maximum absolute atomic E-state index is 12.9. The summed E-state index contributed by atoms with van der Waals surface area (Å²) >= 11 is 0. The van der Waals surface area contributed by atoms with Crippen LogP contribution in [0.4, 0.5) is 0 Å². The molecule has 2 heterocycles. The van der Waals surface area contributed by atoms with E-state index < -0.39 is 39.4 Å². The maximum atomic E-state index is 12.9. The van der Waals surface area contributed by atoms with E-state index in [1.54, 1.807) is 12.1 Å². The zero-order valence-electron chi connectivity index (χ0n) is 33.1. The first kappa shape index (κ1) is 38.6. The van der Waals surface area contributed by atoms with Crippen LogP contribution in [0.2, 0.25) is 0 Å². The average Bonchev–Trinajstić information content (AvgIpc) is 3.07. The zero-order chi connectivity index (χ0) is 39.2. The number of hydrogen-bond acceptors (Lipinski definition) is 7. The Bertz CT molecular complexity index is 2240. The standard InChI is InChI=1S/C47H52O7/c1-29-11-15-31(16-12-29)37-23-33-19-21-35(25-39(33)51-41(37)48)53-46(7,8)27-44(3,4)43(50)45(5,6)28-47(9,10)54-36-22-20-34-24-38(42(49)52-40(34)26-36)32-17-13-30(2)14-18-32/h11-26,43,50H,27-28H2,1-10H3. The molecule has 6 aromatic rings. The molecule has 0 amide bonds. The number of hydrogen-bond donors (Lipinski definition) is 1. The second kappa shape index (κ2) is 14.3. The van der Waals surface area contributed by atoms with Crippen LogP contribution in [0.3, 0.4) is 0 Å². The molecule has 282 valence electrons. The number of aryl methyl sites for hydroxylation is 2. The molecule has 1 N–H and O–H groups in total. The molecule has 0 unspecified atom stereocenters. The number of ether oxygens (including phenoxy) is 2. The van der Waals surface area contributed by atoms with Gasteiger partial charge < -0.3 is 23.4 Å². The third kappa shape index (κ3) is 8.63. The van der Waals surface area contributed by atoms with E-state index in [0.29, 0.717) is 46.6 Å². The predicted octanol–water partition coefficient (Wildman–Crippen LogP) is 11.1. The second-order valence-corrected chi connectivity index (χ2v) is 17.5. The van der Waals surface area contributed by atoms with Crippen LogP contribution in [0.25, 0.3) is 44.2 Å². The van der Waals surface area contributed by atoms with Gasteiger partial charge in [0.1, 0.15) is 33.9 Å². The summed E-state index contributed by atoms with van der Waals surface area (Å²) in [5.41, 5.74) is 2.54. The molecular weight excluding hydrogens is 677 g/mol. The lowest BCUT2D eigenvalue weighted by atomic mass is 9.65. The minimum absolute atomic E-state index is 0.402. The van der Waals surface area contributed by atoms with Crippen LogP contribution in [0.15, 0.2) is 115 Å². The highest BCUT2D eigenvalue weighted by atomic mass is 16.5. The van der Waals surface area contributed by atoms with E-state index in [1.165, 1.54) is 0 Å². The first-order chi connectivity index (χ1) is 25.2. The van der Waals surface area contributed by atoms with E-state index >= 15 is 0 Å². The van der Waals surface area contributed by atoms with Crippen molar-refractivity contribution in [2.45, 2.75) is 99.4 Å². The Labute approximate surface area is 317 Å². The van der Waals surface area contributed by atoms with Crippen LogP contribution >= 0.6 is 0 Å². The average molecular weight is 729 g/mol. The van der Waals surface area contributed by atoms with Crippen molar-refractivity contribution in [3.05, 3.63) is 129 Å². The third-order valence-corrected chi connectivity index (χ3v) is 10.2. The van der Waals surface area contributed by atoms with Crippen molar-refractivity contribution in [1.29, 1.82) is 0 Å². The quantitative estimate of drug-likeness (QED) is 0.125. The lowest BCUT2D eigenvalue weighted by Crippen LogP contribution is -2.49. The largest absolute Gasteiger partial charge is 0.488 e. The highest BCUT2D eigenvalue weighted by Gasteiger charge is 2.45. The van der Waals surface area contributed by atoms with Crippen molar-refractivity contribution < 1.29 is 23.4 Å². The molecule has 0 aliphatic rings. The second-order valence-electron chi connectivity index (χ2n) is 17.5. The number of fused-ring (bicyclic) bond motifs is 2. The van der Waals surface area contributed by atoms with Gasteiger partial charge in [0.2, 0.25) is 0 Å². The zero-order valence-corrected chi connectivity index (χ0v) is 33.1. The molecule has 0 aliphatic heterocycles. The summed E-state index contributed by atoms with van der Waals surface area (Å²) < 4.78 is 24.5. The monoisotopic (exact) mass is 728 g/mol. The van der Waals surface area contributed by atoms with E-state index in [2.05, 4.69) is 27.7 Å². The minimum Gasteiger partial charge on any atom is -0.488 e. The number of benzene rings is 4. The van der Waals surface area contributed by atoms with Crippen molar-refractivity contribution in [2.24, 2.45) is 10.8 Å². The maximum Gasteiger partial charge on any atom is 0.344 e. The van der Waals surface area contributed by atoms with Gasteiger partial charge in [-0.1, -0.05) is 87.4 Å². The van der Waals surface area contributed by atoms with E-state index in [-0.39, 0.29) is 0 Å². The summed E-state index contributed by atoms with van der Waals surface area (Å²) in [6.07, 6.45) is 0.351. The lowest BCUT2D eigenvalue weighted by Gasteiger charge is -2.46. The van der Waals surface area contributed by atoms with Gasteiger partial charge in [-0.15, -0.1) is 0 Å². The summed E-state index contributed by atoms with van der Waals surface area (Å²) in [7, 11) is 0. The van der Waals surface area contributed by atoms with Crippen molar-refractivity contribution >= 4 is 21.9 Å². The molecule has 7 nitrogen and oxygen atoms in total. The number of aliphatic hydroxyl groups excluding tert-OH is 1. The fourth-order valence-corrected chi connectivity index (χ4v) is 8.33. The molecular formula is C47H52O7. The molecule has 0 bridgehead atoms. The number of aliphatic hydroxyl groups is 1. The van der Waals surface area contributed by atoms with E-state index in [0.717, 1.165) is 33.0 Å². The first-order valence-corrected chi connectivity index (χ1v) is 18.6. The third-order valence-electron chi connectivity index (χ3n) is 10.2. The summed E-state index contributed by atoms with van der Waals surface area (Å²) in [5, 5.41) is 13.6. The Morgan fingerprint density at radius 1 is 0.537 bits per heavy atom. The SMILES string of the molecule is Cc1ccc(-c2cc3ccc(OC(C)(C)CC(C)(C)C(O)C(C)(C)CC(C)(C)Oc4ccc5cc(-c6ccc(C)cc6)c(=O)oc5c4)cc3oc2=O)cc1. The molecule has 0 fully saturated rings. The van der Waals surface area contributed by atoms with Crippen molar-refractivity contribution in [2.75, 3.05) is 0 Å². The molecule has 0 radical (unpaired) electrons. The highest BCUT2D eigenvalue weighted by Crippen LogP contribution is 2.45. The molecule has 0 atom stereocenters. The molecule has 0 saturated heterocycles. The smallest absolute Gasteiger partial charge is 0.344 e. The van der Waals surface area contributed by atoms with Gasteiger partial charge in [0.05, 0.1) is 17.2 Å². The van der Waals surface area contributed by atoms with Gasteiger partial charge in [-0.25, -0.2) is 9.59 Å². The van der Waals surface area contributed by atoms with E-state index in [1.807, 2.05) is 126 Å². The van der Waals surface area contributed by atoms with Gasteiger partial charge in [-0.2, -0.15) is 0 Å². The van der Waals surface area contributed by atoms with Gasteiger partial charge in [0.15, 0.2) is 0 Å². The van der Waals surface area contributed by atoms with Crippen LogP contribution in [0, 0.1) is 24.7 Å². The van der Waals surface area contributed by atoms with Crippen LogP contribution < -0.4 is 20.7 Å². The molecule has 0 saturated carbocycles. The fourth-order valence-electron chi connectivity index (χ4n) is 8.33. The van der Waals surface area contributed by atoms with Crippen LogP contribution in [-0.2, 0) is 0 Å². The minimum atomic E-state index is -0.722. The van der Waals surface area contributed by atoms with Gasteiger partial charge in [0, 0.05) is 22.9 Å². The summed E-state index contributed by atoms with van der Waals surface area (Å²) in [4.78, 5) is 25.9. The Balaban J connectivity index is 1.12. The first-order valence-electron chi connectivity index (χ1n) is 18.6. The molecule has 0 aliphatic carbocycles. The van der Waals surface area contributed by atoms with E-state index in [4.69, 9.17) is 18.3 Å². The lowest BCUT2D eigenvalue weighted by molar-refractivity contribution is -0.0937. The molecule has 7 heteroatoms. The summed E-state index contributed by atoms with van der Waals surface area (Å²) in [5.74, 6) is 1.16. The Hall–Kier alpha value is -5.14. The molecule has 6 rings (SSSR count). The van der Waals surface area contributed by atoms with Crippen LogP contribution in [-0.4, -0.2) is 22.4 Å². The summed E-state index contributed by atoms with van der Waals surface area (Å²) in [6.45, 7) is 20.3. The van der Waals surface area contributed by atoms with Gasteiger partial charge in [0.25, 0.3) is 0 Å². The van der Waals surface area contributed by atoms with Gasteiger partial charge in [-0.05, 0) is 113 Å². The normalized spacial score (nSPS) is 12.8. The topological polar surface area (TPSA) is 99.1 Å². The fraction of sp³-hybridized carbons (Fsp3) is 0.362. The van der Waals surface area contributed by atoms with Crippen molar-refractivity contribution in [3.8, 4) is 33.8 Å².